The van der Waals surface area contributed by atoms with E-state index in [0.717, 1.165) is 6.42 Å². The molecule has 0 spiro atoms. The van der Waals surface area contributed by atoms with Crippen LogP contribution in [0, 0.1) is 0 Å². The highest BCUT2D eigenvalue weighted by molar-refractivity contribution is 7.91. The van der Waals surface area contributed by atoms with Crippen molar-refractivity contribution < 1.29 is 16.8 Å². The molecule has 1 rings (SSSR count). The Balaban J connectivity index is 2.49. The normalized spacial score (nSPS) is 27.5. The van der Waals surface area contributed by atoms with E-state index < -0.39 is 19.7 Å². The molecule has 1 heterocycles. The first kappa shape index (κ1) is 13.9. The number of hydrogen-bond acceptors (Lipinski definition) is 5. The molecule has 0 aromatic rings. The quantitative estimate of drug-likeness (QED) is 0.750. The molecule has 0 saturated carbocycles. The van der Waals surface area contributed by atoms with Crippen LogP contribution >= 0.6 is 0 Å². The lowest BCUT2D eigenvalue weighted by molar-refractivity contribution is 0.444. The number of nitrogens with one attached hydrogen (secondary N) is 1. The van der Waals surface area contributed by atoms with Crippen molar-refractivity contribution in [3.63, 3.8) is 0 Å². The molecular formula is C9H19NO4S2. The van der Waals surface area contributed by atoms with Gasteiger partial charge in [-0.25, -0.2) is 16.8 Å². The van der Waals surface area contributed by atoms with Crippen molar-refractivity contribution >= 4 is 19.7 Å². The maximum Gasteiger partial charge on any atom is 0.151 e. The smallest absolute Gasteiger partial charge is 0.151 e. The Morgan fingerprint density at radius 2 is 2.06 bits per heavy atom. The molecule has 96 valence electrons. The van der Waals surface area contributed by atoms with Gasteiger partial charge in [0.15, 0.2) is 9.84 Å². The molecule has 0 aromatic heterocycles. The van der Waals surface area contributed by atoms with Gasteiger partial charge < -0.3 is 5.32 Å². The second-order valence-corrected chi connectivity index (χ2v) is 9.03. The van der Waals surface area contributed by atoms with Crippen molar-refractivity contribution in [2.45, 2.75) is 31.8 Å². The third-order valence-electron chi connectivity index (χ3n) is 2.54. The van der Waals surface area contributed by atoms with Crippen LogP contribution in [0.25, 0.3) is 0 Å². The molecule has 2 unspecified atom stereocenters. The van der Waals surface area contributed by atoms with Crippen molar-refractivity contribution in [3.05, 3.63) is 0 Å². The van der Waals surface area contributed by atoms with Gasteiger partial charge >= 0.3 is 0 Å². The molecule has 16 heavy (non-hydrogen) atoms. The van der Waals surface area contributed by atoms with Gasteiger partial charge in [0.25, 0.3) is 0 Å². The van der Waals surface area contributed by atoms with Crippen LogP contribution in [0.4, 0.5) is 0 Å². The van der Waals surface area contributed by atoms with E-state index in [1.807, 2.05) is 0 Å². The zero-order valence-corrected chi connectivity index (χ0v) is 11.3. The lowest BCUT2D eigenvalue weighted by atomic mass is 10.1. The van der Waals surface area contributed by atoms with Gasteiger partial charge in [-0.2, -0.15) is 0 Å². The van der Waals surface area contributed by atoms with E-state index in [1.165, 1.54) is 6.26 Å². The van der Waals surface area contributed by atoms with E-state index in [-0.39, 0.29) is 29.3 Å². The summed E-state index contributed by atoms with van der Waals surface area (Å²) in [7, 11) is -5.95. The van der Waals surface area contributed by atoms with Gasteiger partial charge in [-0.3, -0.25) is 0 Å². The second-order valence-electron chi connectivity index (χ2n) is 4.61. The van der Waals surface area contributed by atoms with Gasteiger partial charge in [0.1, 0.15) is 9.84 Å². The van der Waals surface area contributed by atoms with Crippen LogP contribution in [-0.4, -0.2) is 52.4 Å². The molecule has 0 aromatic carbocycles. The molecule has 7 heteroatoms. The van der Waals surface area contributed by atoms with E-state index in [4.69, 9.17) is 0 Å². The van der Waals surface area contributed by atoms with Crippen LogP contribution in [0.3, 0.4) is 0 Å². The first-order valence-corrected chi connectivity index (χ1v) is 9.20. The molecule has 1 saturated heterocycles. The minimum atomic E-state index is -3.01. The Bertz CT molecular complexity index is 426. The van der Waals surface area contributed by atoms with Gasteiger partial charge in [0, 0.05) is 18.3 Å². The summed E-state index contributed by atoms with van der Waals surface area (Å²) in [5, 5.41) is 3.07. The zero-order valence-electron chi connectivity index (χ0n) is 9.64. The Kier molecular flexibility index (Phi) is 4.36. The fraction of sp³-hybridized carbons (Fsp3) is 1.00. The average molecular weight is 269 g/mol. The second kappa shape index (κ2) is 5.01. The fourth-order valence-corrected chi connectivity index (χ4v) is 4.71. The van der Waals surface area contributed by atoms with Gasteiger partial charge in [-0.05, 0) is 19.8 Å². The summed E-state index contributed by atoms with van der Waals surface area (Å²) in [4.78, 5) is 0. The molecule has 0 bridgehead atoms. The van der Waals surface area contributed by atoms with Gasteiger partial charge in [-0.1, -0.05) is 0 Å². The first-order chi connectivity index (χ1) is 7.18. The summed E-state index contributed by atoms with van der Waals surface area (Å²) in [6.07, 6.45) is 2.64. The van der Waals surface area contributed by atoms with Crippen molar-refractivity contribution in [2.24, 2.45) is 0 Å². The molecule has 1 aliphatic heterocycles. The van der Waals surface area contributed by atoms with Crippen molar-refractivity contribution in [1.82, 2.24) is 5.32 Å². The highest BCUT2D eigenvalue weighted by atomic mass is 32.2. The molecule has 5 nitrogen and oxygen atoms in total. The molecule has 1 aliphatic rings. The lowest BCUT2D eigenvalue weighted by Crippen LogP contribution is -2.46. The zero-order chi connectivity index (χ0) is 12.4. The largest absolute Gasteiger partial charge is 0.309 e. The summed E-state index contributed by atoms with van der Waals surface area (Å²) in [5.74, 6) is 0.427. The fourth-order valence-electron chi connectivity index (χ4n) is 2.06. The van der Waals surface area contributed by atoms with Gasteiger partial charge in [0.05, 0.1) is 17.3 Å². The maximum absolute atomic E-state index is 11.4. The SMILES string of the molecule is CC(CS(C)(=O)=O)NC1CCCS(=O)(=O)C1. The van der Waals surface area contributed by atoms with E-state index in [9.17, 15) is 16.8 Å². The average Bonchev–Trinajstić information content (AvgIpc) is 1.96. The number of rotatable bonds is 4. The summed E-state index contributed by atoms with van der Waals surface area (Å²) in [5.41, 5.74) is 0. The molecule has 2 atom stereocenters. The van der Waals surface area contributed by atoms with E-state index >= 15 is 0 Å². The van der Waals surface area contributed by atoms with Crippen LogP contribution in [0.2, 0.25) is 0 Å². The van der Waals surface area contributed by atoms with E-state index in [1.54, 1.807) is 6.92 Å². The van der Waals surface area contributed by atoms with E-state index in [2.05, 4.69) is 5.32 Å². The molecule has 1 fully saturated rings. The predicted octanol–water partition coefficient (Wildman–Crippen LogP) is -0.414. The predicted molar refractivity (Wildman–Crippen MR) is 64.0 cm³/mol. The topological polar surface area (TPSA) is 80.3 Å². The standard InChI is InChI=1S/C9H19NO4S2/c1-8(6-15(2,11)12)10-9-4-3-5-16(13,14)7-9/h8-10H,3-7H2,1-2H3. The Morgan fingerprint density at radius 1 is 1.44 bits per heavy atom. The van der Waals surface area contributed by atoms with Gasteiger partial charge in [0.2, 0.25) is 0 Å². The van der Waals surface area contributed by atoms with Crippen LogP contribution < -0.4 is 5.32 Å². The molecule has 0 amide bonds. The first-order valence-electron chi connectivity index (χ1n) is 5.32. The van der Waals surface area contributed by atoms with E-state index in [0.29, 0.717) is 6.42 Å². The highest BCUT2D eigenvalue weighted by Crippen LogP contribution is 2.12. The summed E-state index contributed by atoms with van der Waals surface area (Å²) in [6.45, 7) is 1.77. The van der Waals surface area contributed by atoms with Crippen LogP contribution in [0.15, 0.2) is 0 Å². The van der Waals surface area contributed by atoms with Crippen LogP contribution in [-0.2, 0) is 19.7 Å². The van der Waals surface area contributed by atoms with Crippen LogP contribution in [0.5, 0.6) is 0 Å². The molecule has 0 radical (unpaired) electrons. The minimum absolute atomic E-state index is 0.0452. The lowest BCUT2D eigenvalue weighted by Gasteiger charge is -2.26. The van der Waals surface area contributed by atoms with Gasteiger partial charge in [-0.15, -0.1) is 0 Å². The van der Waals surface area contributed by atoms with Crippen molar-refractivity contribution in [3.8, 4) is 0 Å². The van der Waals surface area contributed by atoms with Crippen molar-refractivity contribution in [2.75, 3.05) is 23.5 Å². The number of sulfone groups is 2. The molecular weight excluding hydrogens is 250 g/mol. The molecule has 0 aliphatic carbocycles. The summed E-state index contributed by atoms with van der Waals surface area (Å²) in [6, 6.07) is -0.302. The summed E-state index contributed by atoms with van der Waals surface area (Å²) < 4.78 is 44.8. The minimum Gasteiger partial charge on any atom is -0.309 e. The third-order valence-corrected chi connectivity index (χ3v) is 5.46. The maximum atomic E-state index is 11.4. The highest BCUT2D eigenvalue weighted by Gasteiger charge is 2.26. The summed E-state index contributed by atoms with van der Waals surface area (Å²) >= 11 is 0. The third kappa shape index (κ3) is 5.27. The van der Waals surface area contributed by atoms with Crippen LogP contribution in [0.1, 0.15) is 19.8 Å². The van der Waals surface area contributed by atoms with Crippen molar-refractivity contribution in [1.29, 1.82) is 0 Å². The Morgan fingerprint density at radius 3 is 2.56 bits per heavy atom. The Labute approximate surface area is 97.5 Å². The Hall–Kier alpha value is -0.140. The number of hydrogen-bond donors (Lipinski definition) is 1. The monoisotopic (exact) mass is 269 g/mol. The molecule has 1 N–H and O–H groups in total.